The van der Waals surface area contributed by atoms with Crippen molar-refractivity contribution in [1.29, 1.82) is 0 Å². The quantitative estimate of drug-likeness (QED) is 0.335. The van der Waals surface area contributed by atoms with E-state index in [0.717, 1.165) is 17.7 Å². The molecule has 164 valence electrons. The van der Waals surface area contributed by atoms with E-state index >= 15 is 0 Å². The van der Waals surface area contributed by atoms with Gasteiger partial charge in [-0.3, -0.25) is 4.79 Å². The number of para-hydroxylation sites is 1. The second kappa shape index (κ2) is 8.91. The Labute approximate surface area is 188 Å². The van der Waals surface area contributed by atoms with E-state index in [1.54, 1.807) is 17.0 Å². The van der Waals surface area contributed by atoms with Gasteiger partial charge >= 0.3 is 5.97 Å². The number of aromatic nitrogens is 4. The Hall–Kier alpha value is -4.53. The van der Waals surface area contributed by atoms with Crippen molar-refractivity contribution >= 4 is 29.3 Å². The molecule has 2 aromatic heterocycles. The molecule has 0 N–H and O–H groups in total. The Morgan fingerprint density at radius 1 is 1.03 bits per heavy atom. The van der Waals surface area contributed by atoms with Crippen LogP contribution in [0.3, 0.4) is 0 Å². The lowest BCUT2D eigenvalue weighted by molar-refractivity contribution is -0.142. The number of esters is 1. The highest BCUT2D eigenvalue weighted by molar-refractivity contribution is 6.16. The van der Waals surface area contributed by atoms with Crippen LogP contribution in [0.4, 0.5) is 5.69 Å². The second-order valence-corrected chi connectivity index (χ2v) is 7.33. The number of fused-ring (bicyclic) bond motifs is 1. The van der Waals surface area contributed by atoms with Crippen LogP contribution in [-0.2, 0) is 20.7 Å². The van der Waals surface area contributed by atoms with Crippen LogP contribution in [0.5, 0.6) is 0 Å². The molecule has 2 aromatic carbocycles. The maximum absolute atomic E-state index is 13.1. The molecule has 9 nitrogen and oxygen atoms in total. The third kappa shape index (κ3) is 4.16. The predicted molar refractivity (Wildman–Crippen MR) is 120 cm³/mol. The minimum absolute atomic E-state index is 0.0171. The molecule has 0 aliphatic carbocycles. The first-order chi connectivity index (χ1) is 16.2. The number of amides is 1. The van der Waals surface area contributed by atoms with Gasteiger partial charge in [-0.1, -0.05) is 48.5 Å². The van der Waals surface area contributed by atoms with Crippen molar-refractivity contribution in [1.82, 2.24) is 20.2 Å². The van der Waals surface area contributed by atoms with Crippen LogP contribution in [0, 0.1) is 0 Å². The van der Waals surface area contributed by atoms with Crippen LogP contribution in [0.25, 0.3) is 23.2 Å². The summed E-state index contributed by atoms with van der Waals surface area (Å²) in [5.74, 6) is -0.288. The topological polar surface area (TPSA) is 103 Å². The summed E-state index contributed by atoms with van der Waals surface area (Å²) in [6.07, 6.45) is 3.73. The lowest BCUT2D eigenvalue weighted by Crippen LogP contribution is -2.33. The van der Waals surface area contributed by atoms with E-state index in [1.165, 1.54) is 17.0 Å². The van der Waals surface area contributed by atoms with Gasteiger partial charge in [0.25, 0.3) is 5.91 Å². The molecule has 0 radical (unpaired) electrons. The average Bonchev–Trinajstić information content (AvgIpc) is 3.62. The SMILES string of the molecule is O=C(OCC(=O)N1CCc2ccccc21)/C(=C\c1ccco1)n1nnnc1-c1ccccc1. The third-order valence-corrected chi connectivity index (χ3v) is 5.28. The molecule has 33 heavy (non-hydrogen) atoms. The molecule has 0 unspecified atom stereocenters. The molecule has 1 aliphatic heterocycles. The number of nitrogens with zero attached hydrogens (tertiary/aromatic N) is 5. The molecule has 0 saturated carbocycles. The van der Waals surface area contributed by atoms with Gasteiger partial charge < -0.3 is 14.1 Å². The van der Waals surface area contributed by atoms with Gasteiger partial charge in [-0.05, 0) is 40.6 Å². The molecule has 4 aromatic rings. The summed E-state index contributed by atoms with van der Waals surface area (Å²) < 4.78 is 12.0. The molecule has 0 saturated heterocycles. The minimum atomic E-state index is -0.753. The second-order valence-electron chi connectivity index (χ2n) is 7.33. The summed E-state index contributed by atoms with van der Waals surface area (Å²) in [5.41, 5.74) is 2.67. The Morgan fingerprint density at radius 2 is 1.85 bits per heavy atom. The standard InChI is InChI=1S/C24H19N5O4/c30-22(28-13-12-17-7-4-5-11-20(17)28)16-33-24(31)21(15-19-10-6-14-32-19)29-23(25-26-27-29)18-8-2-1-3-9-18/h1-11,14-15H,12-13,16H2/b21-15+. The Morgan fingerprint density at radius 3 is 2.67 bits per heavy atom. The highest BCUT2D eigenvalue weighted by Gasteiger charge is 2.27. The van der Waals surface area contributed by atoms with Crippen molar-refractivity contribution in [2.75, 3.05) is 18.1 Å². The fourth-order valence-electron chi connectivity index (χ4n) is 3.71. The van der Waals surface area contributed by atoms with Crippen LogP contribution in [0.2, 0.25) is 0 Å². The van der Waals surface area contributed by atoms with Gasteiger partial charge in [0.1, 0.15) is 5.76 Å². The molecular formula is C24H19N5O4. The Balaban J connectivity index is 1.39. The van der Waals surface area contributed by atoms with E-state index in [2.05, 4.69) is 15.5 Å². The maximum atomic E-state index is 13.1. The molecule has 1 aliphatic rings. The van der Waals surface area contributed by atoms with E-state index in [0.29, 0.717) is 23.7 Å². The molecule has 0 fully saturated rings. The molecule has 0 spiro atoms. The molecule has 3 heterocycles. The first-order valence-corrected chi connectivity index (χ1v) is 10.4. The number of tetrazole rings is 1. The molecular weight excluding hydrogens is 422 g/mol. The van der Waals surface area contributed by atoms with E-state index in [-0.39, 0.29) is 11.6 Å². The van der Waals surface area contributed by atoms with E-state index in [9.17, 15) is 9.59 Å². The lowest BCUT2D eigenvalue weighted by Gasteiger charge is -2.17. The van der Waals surface area contributed by atoms with Crippen molar-refractivity contribution in [3.05, 3.63) is 84.3 Å². The summed E-state index contributed by atoms with van der Waals surface area (Å²) in [7, 11) is 0. The third-order valence-electron chi connectivity index (χ3n) is 5.28. The van der Waals surface area contributed by atoms with E-state index < -0.39 is 12.6 Å². The highest BCUT2D eigenvalue weighted by Crippen LogP contribution is 2.27. The number of benzene rings is 2. The van der Waals surface area contributed by atoms with Gasteiger partial charge in [-0.15, -0.1) is 5.10 Å². The summed E-state index contributed by atoms with van der Waals surface area (Å²) in [4.78, 5) is 27.5. The zero-order chi connectivity index (χ0) is 22.6. The first-order valence-electron chi connectivity index (χ1n) is 10.4. The van der Waals surface area contributed by atoms with Crippen molar-refractivity contribution < 1.29 is 18.7 Å². The Kier molecular flexibility index (Phi) is 5.50. The number of furan rings is 1. The number of hydrogen-bond donors (Lipinski definition) is 0. The fraction of sp³-hybridized carbons (Fsp3) is 0.125. The highest BCUT2D eigenvalue weighted by atomic mass is 16.5. The van der Waals surface area contributed by atoms with Crippen molar-refractivity contribution in [2.24, 2.45) is 0 Å². The van der Waals surface area contributed by atoms with Crippen LogP contribution in [0.15, 0.2) is 77.4 Å². The summed E-state index contributed by atoms with van der Waals surface area (Å²) >= 11 is 0. The fourth-order valence-corrected chi connectivity index (χ4v) is 3.71. The molecule has 5 rings (SSSR count). The van der Waals surface area contributed by atoms with Crippen molar-refractivity contribution in [2.45, 2.75) is 6.42 Å². The van der Waals surface area contributed by atoms with Crippen LogP contribution >= 0.6 is 0 Å². The maximum Gasteiger partial charge on any atom is 0.357 e. The van der Waals surface area contributed by atoms with Gasteiger partial charge in [0.15, 0.2) is 18.1 Å². The van der Waals surface area contributed by atoms with Crippen LogP contribution in [-0.4, -0.2) is 45.2 Å². The first kappa shape index (κ1) is 20.4. The van der Waals surface area contributed by atoms with Crippen LogP contribution in [0.1, 0.15) is 11.3 Å². The number of carbonyl (C=O) groups excluding carboxylic acids is 2. The number of rotatable bonds is 6. The zero-order valence-corrected chi connectivity index (χ0v) is 17.5. The summed E-state index contributed by atoms with van der Waals surface area (Å²) in [6, 6.07) is 20.3. The number of ether oxygens (including phenoxy) is 1. The van der Waals surface area contributed by atoms with Crippen molar-refractivity contribution in [3.8, 4) is 11.4 Å². The van der Waals surface area contributed by atoms with Gasteiger partial charge in [-0.2, -0.15) is 4.68 Å². The van der Waals surface area contributed by atoms with Crippen molar-refractivity contribution in [3.63, 3.8) is 0 Å². The normalized spacial score (nSPS) is 13.1. The van der Waals surface area contributed by atoms with Gasteiger partial charge in [0.05, 0.1) is 6.26 Å². The lowest BCUT2D eigenvalue weighted by atomic mass is 10.2. The molecule has 1 amide bonds. The monoisotopic (exact) mass is 441 g/mol. The number of hydrogen-bond acceptors (Lipinski definition) is 7. The van der Waals surface area contributed by atoms with Gasteiger partial charge in [0.2, 0.25) is 0 Å². The number of carbonyl (C=O) groups is 2. The molecule has 0 atom stereocenters. The summed E-state index contributed by atoms with van der Waals surface area (Å²) in [5, 5.41) is 11.8. The zero-order valence-electron chi connectivity index (χ0n) is 17.5. The van der Waals surface area contributed by atoms with E-state index in [1.807, 2.05) is 54.6 Å². The number of anilines is 1. The molecule has 0 bridgehead atoms. The summed E-state index contributed by atoms with van der Waals surface area (Å²) in [6.45, 7) is 0.140. The Bertz CT molecular complexity index is 1310. The smallest absolute Gasteiger partial charge is 0.357 e. The minimum Gasteiger partial charge on any atom is -0.465 e. The molecule has 9 heteroatoms. The average molecular weight is 441 g/mol. The predicted octanol–water partition coefficient (Wildman–Crippen LogP) is 3.06. The van der Waals surface area contributed by atoms with Gasteiger partial charge in [0, 0.05) is 23.9 Å². The largest absolute Gasteiger partial charge is 0.465 e. The van der Waals surface area contributed by atoms with E-state index in [4.69, 9.17) is 9.15 Å². The van der Waals surface area contributed by atoms with Crippen LogP contribution < -0.4 is 4.90 Å². The van der Waals surface area contributed by atoms with Gasteiger partial charge in [-0.25, -0.2) is 4.79 Å².